The van der Waals surface area contributed by atoms with Gasteiger partial charge in [0.15, 0.2) is 0 Å². The second-order valence-electron chi connectivity index (χ2n) is 5.93. The van der Waals surface area contributed by atoms with Gasteiger partial charge in [-0.2, -0.15) is 0 Å². The largest absolute Gasteiger partial charge is 0.491 e. The van der Waals surface area contributed by atoms with E-state index >= 15 is 0 Å². The minimum absolute atomic E-state index is 0.297. The quantitative estimate of drug-likeness (QED) is 0.905. The lowest BCUT2D eigenvalue weighted by Crippen LogP contribution is -2.29. The van der Waals surface area contributed by atoms with Gasteiger partial charge in [-0.1, -0.05) is 37.3 Å². The standard InChI is InChI=1S/C19H20N2O3/c1-3-19(13-7-5-4-6-8-13)11-24-16-14(18(23)21-2)9-12(17(20)22)10-15(16)19/h4-10H,3,11H2,1-2H3,(H2,20,22)(H,21,23). The van der Waals surface area contributed by atoms with Gasteiger partial charge in [0.25, 0.3) is 5.91 Å². The van der Waals surface area contributed by atoms with Crippen molar-refractivity contribution >= 4 is 11.8 Å². The van der Waals surface area contributed by atoms with Gasteiger partial charge in [0.2, 0.25) is 5.91 Å². The van der Waals surface area contributed by atoms with E-state index in [1.807, 2.05) is 30.3 Å². The summed E-state index contributed by atoms with van der Waals surface area (Å²) in [4.78, 5) is 24.0. The zero-order valence-electron chi connectivity index (χ0n) is 13.8. The highest BCUT2D eigenvalue weighted by Gasteiger charge is 2.43. The molecule has 3 rings (SSSR count). The third-order valence-corrected chi connectivity index (χ3v) is 4.75. The predicted octanol–water partition coefficient (Wildman–Crippen LogP) is 2.23. The Morgan fingerprint density at radius 3 is 2.54 bits per heavy atom. The Labute approximate surface area is 140 Å². The van der Waals surface area contributed by atoms with Crippen molar-refractivity contribution < 1.29 is 14.3 Å². The maximum atomic E-state index is 12.2. The van der Waals surface area contributed by atoms with E-state index in [2.05, 4.69) is 12.2 Å². The number of nitrogens with two attached hydrogens (primary N) is 1. The molecule has 5 heteroatoms. The van der Waals surface area contributed by atoms with Crippen LogP contribution >= 0.6 is 0 Å². The molecule has 1 aliphatic rings. The smallest absolute Gasteiger partial charge is 0.254 e. The monoisotopic (exact) mass is 324 g/mol. The minimum atomic E-state index is -0.562. The third kappa shape index (κ3) is 2.33. The topological polar surface area (TPSA) is 81.4 Å². The van der Waals surface area contributed by atoms with Crippen LogP contribution in [0.4, 0.5) is 0 Å². The molecule has 0 aromatic heterocycles. The number of primary amides is 1. The molecule has 0 fully saturated rings. The molecule has 124 valence electrons. The second-order valence-corrected chi connectivity index (χ2v) is 5.93. The molecule has 2 aromatic carbocycles. The summed E-state index contributed by atoms with van der Waals surface area (Å²) in [5.41, 5.74) is 7.66. The molecule has 2 aromatic rings. The van der Waals surface area contributed by atoms with Crippen LogP contribution in [-0.2, 0) is 5.41 Å². The van der Waals surface area contributed by atoms with Crippen LogP contribution in [0.15, 0.2) is 42.5 Å². The molecule has 0 radical (unpaired) electrons. The van der Waals surface area contributed by atoms with Crippen LogP contribution in [-0.4, -0.2) is 25.5 Å². The molecular weight excluding hydrogens is 304 g/mol. The molecule has 0 aliphatic carbocycles. The first-order chi connectivity index (χ1) is 11.5. The van der Waals surface area contributed by atoms with E-state index < -0.39 is 11.3 Å². The van der Waals surface area contributed by atoms with Gasteiger partial charge in [0.1, 0.15) is 12.4 Å². The van der Waals surface area contributed by atoms with Crippen LogP contribution in [0.25, 0.3) is 0 Å². The lowest BCUT2D eigenvalue weighted by molar-refractivity contribution is 0.0959. The number of rotatable bonds is 4. The average molecular weight is 324 g/mol. The summed E-state index contributed by atoms with van der Waals surface area (Å²) in [5, 5.41) is 2.59. The van der Waals surface area contributed by atoms with Crippen LogP contribution in [0.2, 0.25) is 0 Å². The van der Waals surface area contributed by atoms with Crippen LogP contribution in [0.5, 0.6) is 5.75 Å². The van der Waals surface area contributed by atoms with Crippen LogP contribution < -0.4 is 15.8 Å². The molecule has 2 amide bonds. The van der Waals surface area contributed by atoms with E-state index in [4.69, 9.17) is 10.5 Å². The maximum Gasteiger partial charge on any atom is 0.254 e. The van der Waals surface area contributed by atoms with Crippen molar-refractivity contribution in [2.45, 2.75) is 18.8 Å². The minimum Gasteiger partial charge on any atom is -0.491 e. The fourth-order valence-electron chi connectivity index (χ4n) is 3.35. The normalized spacial score (nSPS) is 18.6. The number of benzene rings is 2. The first kappa shape index (κ1) is 16.1. The van der Waals surface area contributed by atoms with Crippen molar-refractivity contribution in [3.05, 3.63) is 64.7 Å². The molecule has 0 bridgehead atoms. The van der Waals surface area contributed by atoms with Gasteiger partial charge < -0.3 is 15.8 Å². The molecule has 0 spiro atoms. The van der Waals surface area contributed by atoms with Gasteiger partial charge in [-0.05, 0) is 24.1 Å². The van der Waals surface area contributed by atoms with Gasteiger partial charge >= 0.3 is 0 Å². The molecule has 1 heterocycles. The van der Waals surface area contributed by atoms with Crippen molar-refractivity contribution in [1.82, 2.24) is 5.32 Å². The zero-order chi connectivity index (χ0) is 17.3. The predicted molar refractivity (Wildman–Crippen MR) is 91.4 cm³/mol. The Bertz CT molecular complexity index is 802. The number of nitrogens with one attached hydrogen (secondary N) is 1. The summed E-state index contributed by atoms with van der Waals surface area (Å²) in [6.45, 7) is 2.50. The highest BCUT2D eigenvalue weighted by atomic mass is 16.5. The van der Waals surface area contributed by atoms with Gasteiger partial charge in [0.05, 0.1) is 11.0 Å². The van der Waals surface area contributed by atoms with Crippen molar-refractivity contribution in [2.24, 2.45) is 5.73 Å². The Kier molecular flexibility index (Phi) is 4.01. The van der Waals surface area contributed by atoms with E-state index in [0.29, 0.717) is 23.5 Å². The maximum absolute atomic E-state index is 12.2. The lowest BCUT2D eigenvalue weighted by atomic mass is 9.73. The average Bonchev–Trinajstić information content (AvgIpc) is 3.00. The van der Waals surface area contributed by atoms with Crippen molar-refractivity contribution in [2.75, 3.05) is 13.7 Å². The number of carbonyl (C=O) groups is 2. The van der Waals surface area contributed by atoms with Crippen LogP contribution in [0.1, 0.15) is 45.2 Å². The summed E-state index contributed by atoms with van der Waals surface area (Å²) in [7, 11) is 1.55. The van der Waals surface area contributed by atoms with Gasteiger partial charge in [-0.3, -0.25) is 9.59 Å². The fourth-order valence-corrected chi connectivity index (χ4v) is 3.35. The first-order valence-corrected chi connectivity index (χ1v) is 7.92. The summed E-state index contributed by atoms with van der Waals surface area (Å²) in [5.74, 6) is -0.327. The van der Waals surface area contributed by atoms with E-state index in [0.717, 1.165) is 17.5 Å². The molecule has 0 saturated heterocycles. The molecular formula is C19H20N2O3. The Balaban J connectivity index is 2.28. The Morgan fingerprint density at radius 2 is 1.96 bits per heavy atom. The number of carbonyl (C=O) groups excluding carboxylic acids is 2. The molecule has 1 aliphatic heterocycles. The first-order valence-electron chi connectivity index (χ1n) is 7.92. The van der Waals surface area contributed by atoms with E-state index in [1.54, 1.807) is 13.1 Å². The number of hydrogen-bond donors (Lipinski definition) is 2. The van der Waals surface area contributed by atoms with Gasteiger partial charge in [-0.25, -0.2) is 0 Å². The third-order valence-electron chi connectivity index (χ3n) is 4.75. The number of amides is 2. The van der Waals surface area contributed by atoms with E-state index in [9.17, 15) is 9.59 Å². The lowest BCUT2D eigenvalue weighted by Gasteiger charge is -2.27. The SMILES string of the molecule is CCC1(c2ccccc2)COc2c(C(=O)NC)cc(C(N)=O)cc21. The molecule has 1 atom stereocenters. The number of fused-ring (bicyclic) bond motifs is 1. The molecule has 24 heavy (non-hydrogen) atoms. The summed E-state index contributed by atoms with van der Waals surface area (Å²) in [6, 6.07) is 13.2. The number of hydrogen-bond acceptors (Lipinski definition) is 3. The fraction of sp³-hybridized carbons (Fsp3) is 0.263. The van der Waals surface area contributed by atoms with E-state index in [1.165, 1.54) is 6.07 Å². The Hall–Kier alpha value is -2.82. The van der Waals surface area contributed by atoms with Gasteiger partial charge in [-0.15, -0.1) is 0 Å². The summed E-state index contributed by atoms with van der Waals surface area (Å²) >= 11 is 0. The summed E-state index contributed by atoms with van der Waals surface area (Å²) in [6.07, 6.45) is 0.777. The second kappa shape index (κ2) is 6.00. The van der Waals surface area contributed by atoms with E-state index in [-0.39, 0.29) is 5.91 Å². The molecule has 0 saturated carbocycles. The molecule has 3 N–H and O–H groups in total. The zero-order valence-corrected chi connectivity index (χ0v) is 13.8. The number of ether oxygens (including phenoxy) is 1. The Morgan fingerprint density at radius 1 is 1.25 bits per heavy atom. The van der Waals surface area contributed by atoms with Crippen LogP contribution in [0.3, 0.4) is 0 Å². The van der Waals surface area contributed by atoms with Crippen molar-refractivity contribution in [1.29, 1.82) is 0 Å². The van der Waals surface area contributed by atoms with Crippen molar-refractivity contribution in [3.63, 3.8) is 0 Å². The van der Waals surface area contributed by atoms with Gasteiger partial charge in [0, 0.05) is 18.2 Å². The van der Waals surface area contributed by atoms with Crippen molar-refractivity contribution in [3.8, 4) is 5.75 Å². The van der Waals surface area contributed by atoms with Crippen LogP contribution in [0, 0.1) is 0 Å². The molecule has 1 unspecified atom stereocenters. The summed E-state index contributed by atoms with van der Waals surface area (Å²) < 4.78 is 5.94. The molecule has 5 nitrogen and oxygen atoms in total. The highest BCUT2D eigenvalue weighted by Crippen LogP contribution is 2.47. The highest BCUT2D eigenvalue weighted by molar-refractivity contribution is 6.02.